The van der Waals surface area contributed by atoms with Crippen molar-refractivity contribution in [2.45, 2.75) is 18.8 Å². The van der Waals surface area contributed by atoms with E-state index in [0.717, 1.165) is 90.1 Å². The lowest BCUT2D eigenvalue weighted by molar-refractivity contribution is 0.670. The van der Waals surface area contributed by atoms with Crippen molar-refractivity contribution < 1.29 is 4.42 Å². The van der Waals surface area contributed by atoms with E-state index in [9.17, 15) is 0 Å². The number of aromatic nitrogens is 4. The molecule has 3 heterocycles. The third-order valence-corrected chi connectivity index (χ3v) is 13.2. The average molecular weight is 833 g/mol. The van der Waals surface area contributed by atoms with E-state index in [0.29, 0.717) is 23.4 Å². The van der Waals surface area contributed by atoms with Crippen LogP contribution in [-0.4, -0.2) is 19.5 Å². The summed E-state index contributed by atoms with van der Waals surface area (Å²) in [5.74, 6) is 2.26. The van der Waals surface area contributed by atoms with Gasteiger partial charge in [0.25, 0.3) is 0 Å². The summed E-state index contributed by atoms with van der Waals surface area (Å²) < 4.78 is 9.40. The minimum absolute atomic E-state index is 0.368. The van der Waals surface area contributed by atoms with Gasteiger partial charge in [-0.15, -0.1) is 0 Å². The van der Waals surface area contributed by atoms with Crippen molar-refractivity contribution in [2.75, 3.05) is 0 Å². The van der Waals surface area contributed by atoms with Gasteiger partial charge in [-0.3, -0.25) is 0 Å². The molecule has 9 aromatic carbocycles. The summed E-state index contributed by atoms with van der Waals surface area (Å²) in [5.41, 5.74) is 16.7. The van der Waals surface area contributed by atoms with Crippen molar-refractivity contribution in [3.8, 4) is 62.1 Å². The topological polar surface area (TPSA) is 56.7 Å². The Morgan fingerprint density at radius 3 is 1.85 bits per heavy atom. The summed E-state index contributed by atoms with van der Waals surface area (Å²) in [6.07, 6.45) is 2.01. The Hall–Kier alpha value is -8.41. The Morgan fingerprint density at radius 1 is 0.462 bits per heavy atom. The summed E-state index contributed by atoms with van der Waals surface area (Å²) in [7, 11) is 0. The van der Waals surface area contributed by atoms with Gasteiger partial charge in [-0.1, -0.05) is 176 Å². The van der Waals surface area contributed by atoms with Crippen LogP contribution in [0.15, 0.2) is 217 Å². The summed E-state index contributed by atoms with van der Waals surface area (Å²) in [4.78, 5) is 15.2. The minimum atomic E-state index is 0.368. The van der Waals surface area contributed by atoms with E-state index in [1.165, 1.54) is 27.8 Å². The zero-order chi connectivity index (χ0) is 42.8. The van der Waals surface area contributed by atoms with Crippen LogP contribution < -0.4 is 0 Å². The maximum absolute atomic E-state index is 6.96. The Kier molecular flexibility index (Phi) is 8.66. The summed E-state index contributed by atoms with van der Waals surface area (Å²) >= 11 is 0. The van der Waals surface area contributed by atoms with Crippen molar-refractivity contribution in [3.05, 3.63) is 229 Å². The highest BCUT2D eigenvalue weighted by atomic mass is 16.3. The Balaban J connectivity index is 1.05. The van der Waals surface area contributed by atoms with Gasteiger partial charge in [-0.2, -0.15) is 0 Å². The van der Waals surface area contributed by atoms with Crippen LogP contribution >= 0.6 is 0 Å². The molecular formula is C60H40N4O. The van der Waals surface area contributed by atoms with Crippen molar-refractivity contribution >= 4 is 43.7 Å². The van der Waals surface area contributed by atoms with E-state index in [1.54, 1.807) is 0 Å². The molecule has 0 N–H and O–H groups in total. The van der Waals surface area contributed by atoms with E-state index >= 15 is 0 Å². The highest BCUT2D eigenvalue weighted by Crippen LogP contribution is 2.48. The molecule has 5 heteroatoms. The fourth-order valence-corrected chi connectivity index (χ4v) is 10.3. The Morgan fingerprint density at radius 2 is 1.08 bits per heavy atom. The molecular weight excluding hydrogens is 793 g/mol. The largest absolute Gasteiger partial charge is 0.454 e. The van der Waals surface area contributed by atoms with Gasteiger partial charge in [0, 0.05) is 43.9 Å². The first kappa shape index (κ1) is 37.2. The number of hydrogen-bond donors (Lipinski definition) is 0. The first-order chi connectivity index (χ1) is 32.2. The molecule has 1 aliphatic carbocycles. The molecule has 13 rings (SSSR count). The van der Waals surface area contributed by atoms with E-state index < -0.39 is 0 Å². The summed E-state index contributed by atoms with van der Waals surface area (Å²) in [6, 6.07) is 75.5. The smallest absolute Gasteiger partial charge is 0.164 e. The number of rotatable bonds is 7. The molecule has 5 nitrogen and oxygen atoms in total. The van der Waals surface area contributed by atoms with E-state index in [1.807, 2.05) is 60.7 Å². The van der Waals surface area contributed by atoms with Gasteiger partial charge in [0.05, 0.1) is 11.0 Å². The Bertz CT molecular complexity index is 3720. The van der Waals surface area contributed by atoms with Crippen LogP contribution in [0.3, 0.4) is 0 Å². The molecule has 306 valence electrons. The van der Waals surface area contributed by atoms with Gasteiger partial charge in [0.2, 0.25) is 0 Å². The van der Waals surface area contributed by atoms with Gasteiger partial charge in [0.15, 0.2) is 23.1 Å². The fraction of sp³-hybridized carbons (Fsp3) is 0.0500. The van der Waals surface area contributed by atoms with Crippen LogP contribution in [-0.2, 0) is 12.8 Å². The minimum Gasteiger partial charge on any atom is -0.454 e. The number of para-hydroxylation sites is 2. The second-order valence-corrected chi connectivity index (χ2v) is 17.1. The van der Waals surface area contributed by atoms with Gasteiger partial charge in [-0.25, -0.2) is 15.0 Å². The average Bonchev–Trinajstić information content (AvgIpc) is 3.93. The number of furan rings is 1. The lowest BCUT2D eigenvalue weighted by atomic mass is 9.76. The third-order valence-electron chi connectivity index (χ3n) is 13.2. The molecule has 65 heavy (non-hydrogen) atoms. The van der Waals surface area contributed by atoms with Crippen LogP contribution in [0.4, 0.5) is 0 Å². The second-order valence-electron chi connectivity index (χ2n) is 17.1. The Labute approximate surface area is 376 Å². The van der Waals surface area contributed by atoms with E-state index in [4.69, 9.17) is 19.4 Å². The predicted octanol–water partition coefficient (Wildman–Crippen LogP) is 15.1. The van der Waals surface area contributed by atoms with Crippen molar-refractivity contribution in [1.29, 1.82) is 0 Å². The molecule has 12 aromatic rings. The maximum Gasteiger partial charge on any atom is 0.164 e. The molecule has 1 atom stereocenters. The van der Waals surface area contributed by atoms with Crippen molar-refractivity contribution in [2.24, 2.45) is 0 Å². The molecule has 1 unspecified atom stereocenters. The molecule has 3 aromatic heterocycles. The van der Waals surface area contributed by atoms with Crippen molar-refractivity contribution in [3.63, 3.8) is 0 Å². The van der Waals surface area contributed by atoms with E-state index in [-0.39, 0.29) is 0 Å². The SMILES string of the molecule is c1ccc(CC2Cc3ccccc3-c3cc(-n4c5ccccc5c5c(-c6cccc(-c7nc(-c8ccccc8)nc(-c8ccccc8)n7)c6)cc6c7ccccc7oc6c54)ccc32)cc1. The molecule has 0 saturated carbocycles. The molecule has 0 aliphatic heterocycles. The fourth-order valence-electron chi connectivity index (χ4n) is 10.3. The number of benzene rings is 9. The zero-order valence-corrected chi connectivity index (χ0v) is 35.4. The first-order valence-corrected chi connectivity index (χ1v) is 22.3. The highest BCUT2D eigenvalue weighted by molar-refractivity contribution is 6.26. The third kappa shape index (κ3) is 6.27. The zero-order valence-electron chi connectivity index (χ0n) is 35.4. The van der Waals surface area contributed by atoms with Gasteiger partial charge in [0.1, 0.15) is 5.58 Å². The van der Waals surface area contributed by atoms with Gasteiger partial charge in [-0.05, 0) is 94.1 Å². The second kappa shape index (κ2) is 15.1. The molecule has 1 aliphatic rings. The number of fused-ring (bicyclic) bond motifs is 10. The van der Waals surface area contributed by atoms with E-state index in [2.05, 4.69) is 156 Å². The van der Waals surface area contributed by atoms with Crippen LogP contribution in [0, 0.1) is 0 Å². The molecule has 0 radical (unpaired) electrons. The number of nitrogens with zero attached hydrogens (tertiary/aromatic N) is 4. The standard InChI is InChI=1S/C60H40N4O/c1-4-17-38(18-5-1)33-44-35-41-23-10-11-26-46(41)51-36-45(31-32-47(44)51)64-53-29-14-12-28-49(53)55-50(37-52-48-27-13-15-30-54(48)65-57(52)56(55)64)42-24-16-25-43(34-42)60-62-58(39-19-6-2-7-20-39)61-59(63-60)40-21-8-3-9-22-40/h1-32,34,36-37,44H,33,35H2. The number of hydrogen-bond acceptors (Lipinski definition) is 4. The van der Waals surface area contributed by atoms with Crippen LogP contribution in [0.1, 0.15) is 22.6 Å². The maximum atomic E-state index is 6.96. The van der Waals surface area contributed by atoms with Crippen LogP contribution in [0.5, 0.6) is 0 Å². The molecule has 0 bridgehead atoms. The van der Waals surface area contributed by atoms with Crippen molar-refractivity contribution in [1.82, 2.24) is 19.5 Å². The monoisotopic (exact) mass is 832 g/mol. The van der Waals surface area contributed by atoms with Crippen LogP contribution in [0.2, 0.25) is 0 Å². The molecule has 0 amide bonds. The first-order valence-electron chi connectivity index (χ1n) is 22.3. The van der Waals surface area contributed by atoms with Gasteiger partial charge < -0.3 is 8.98 Å². The molecule has 0 fully saturated rings. The lowest BCUT2D eigenvalue weighted by Gasteiger charge is -2.29. The van der Waals surface area contributed by atoms with Gasteiger partial charge >= 0.3 is 0 Å². The molecule has 0 saturated heterocycles. The normalized spacial score (nSPS) is 13.4. The summed E-state index contributed by atoms with van der Waals surface area (Å²) in [6.45, 7) is 0. The lowest BCUT2D eigenvalue weighted by Crippen LogP contribution is -2.14. The predicted molar refractivity (Wildman–Crippen MR) is 265 cm³/mol. The quantitative estimate of drug-likeness (QED) is 0.160. The molecule has 0 spiro atoms. The summed E-state index contributed by atoms with van der Waals surface area (Å²) in [5, 5.41) is 4.44. The van der Waals surface area contributed by atoms with Crippen LogP contribution in [0.25, 0.3) is 106 Å². The highest BCUT2D eigenvalue weighted by Gasteiger charge is 2.28.